The van der Waals surface area contributed by atoms with E-state index in [4.69, 9.17) is 0 Å². The van der Waals surface area contributed by atoms with Crippen LogP contribution in [0.5, 0.6) is 0 Å². The van der Waals surface area contributed by atoms with Crippen molar-refractivity contribution >= 4 is 16.8 Å². The Hall–Kier alpha value is -1.81. The van der Waals surface area contributed by atoms with Crippen LogP contribution < -0.4 is 0 Å². The van der Waals surface area contributed by atoms with Crippen LogP contribution >= 0.6 is 0 Å². The van der Waals surface area contributed by atoms with Gasteiger partial charge >= 0.3 is 0 Å². The highest BCUT2D eigenvalue weighted by Crippen LogP contribution is 2.42. The third-order valence-corrected chi connectivity index (χ3v) is 7.01. The minimum absolute atomic E-state index is 0.0945. The average molecular weight is 366 g/mol. The van der Waals surface area contributed by atoms with Crippen molar-refractivity contribution in [1.29, 1.82) is 0 Å². The second kappa shape index (κ2) is 6.66. The molecule has 1 amide bonds. The lowest BCUT2D eigenvalue weighted by atomic mass is 9.78. The zero-order valence-corrected chi connectivity index (χ0v) is 16.5. The maximum atomic E-state index is 13.2. The summed E-state index contributed by atoms with van der Waals surface area (Å²) < 4.78 is 2.29. The standard InChI is InChI=1S/C23H31N3O/c1-2-25-12-8-20-14-19(6-7-21(20)25)15-24-13-10-23(17-24)9-3-11-26(22(23)27)16-18-4-5-18/h6-8,12,14,18H,2-5,9-11,13,15-17H2,1H3/t23-/m1/s1. The van der Waals surface area contributed by atoms with Crippen LogP contribution in [0.4, 0.5) is 0 Å². The van der Waals surface area contributed by atoms with Crippen LogP contribution in [0.25, 0.3) is 10.9 Å². The molecule has 4 heteroatoms. The Morgan fingerprint density at radius 1 is 1.15 bits per heavy atom. The van der Waals surface area contributed by atoms with Gasteiger partial charge in [-0.25, -0.2) is 0 Å². The van der Waals surface area contributed by atoms with E-state index in [1.54, 1.807) is 0 Å². The number of hydrogen-bond acceptors (Lipinski definition) is 2. The third-order valence-electron chi connectivity index (χ3n) is 7.01. The molecule has 2 aliphatic heterocycles. The molecule has 144 valence electrons. The normalized spacial score (nSPS) is 26.6. The molecule has 27 heavy (non-hydrogen) atoms. The lowest BCUT2D eigenvalue weighted by molar-refractivity contribution is -0.145. The molecule has 1 spiro atoms. The summed E-state index contributed by atoms with van der Waals surface area (Å²) in [5, 5.41) is 1.33. The third kappa shape index (κ3) is 3.18. The summed E-state index contributed by atoms with van der Waals surface area (Å²) in [6.07, 6.45) is 8.14. The fourth-order valence-corrected chi connectivity index (χ4v) is 5.29. The first-order chi connectivity index (χ1) is 13.2. The second-order valence-electron chi connectivity index (χ2n) is 9.03. The number of hydrogen-bond donors (Lipinski definition) is 0. The molecule has 0 unspecified atom stereocenters. The molecular formula is C23H31N3O. The summed E-state index contributed by atoms with van der Waals surface area (Å²) in [6.45, 7) is 8.17. The van der Waals surface area contributed by atoms with Crippen molar-refractivity contribution in [3.63, 3.8) is 0 Å². The lowest BCUT2D eigenvalue weighted by Gasteiger charge is -2.39. The number of piperidine rings is 1. The van der Waals surface area contributed by atoms with Crippen molar-refractivity contribution in [2.75, 3.05) is 26.2 Å². The number of likely N-dealkylation sites (tertiary alicyclic amines) is 2. The summed E-state index contributed by atoms with van der Waals surface area (Å²) in [4.78, 5) is 17.9. The van der Waals surface area contributed by atoms with Gasteiger partial charge in [0, 0.05) is 44.4 Å². The summed E-state index contributed by atoms with van der Waals surface area (Å²) >= 11 is 0. The first-order valence-electron chi connectivity index (χ1n) is 10.8. The predicted molar refractivity (Wildman–Crippen MR) is 108 cm³/mol. The van der Waals surface area contributed by atoms with Crippen molar-refractivity contribution < 1.29 is 4.79 Å². The molecule has 0 bridgehead atoms. The van der Waals surface area contributed by atoms with Crippen molar-refractivity contribution in [1.82, 2.24) is 14.4 Å². The maximum Gasteiger partial charge on any atom is 0.230 e. The highest BCUT2D eigenvalue weighted by molar-refractivity contribution is 5.84. The van der Waals surface area contributed by atoms with Gasteiger partial charge in [-0.05, 0) is 80.6 Å². The van der Waals surface area contributed by atoms with E-state index in [1.165, 1.54) is 35.7 Å². The molecule has 3 heterocycles. The lowest BCUT2D eigenvalue weighted by Crippen LogP contribution is -2.50. The Kier molecular flexibility index (Phi) is 4.27. The van der Waals surface area contributed by atoms with E-state index in [0.717, 1.165) is 58.0 Å². The van der Waals surface area contributed by atoms with Crippen molar-refractivity contribution in [2.24, 2.45) is 11.3 Å². The Balaban J connectivity index is 1.28. The van der Waals surface area contributed by atoms with Gasteiger partial charge in [0.15, 0.2) is 0 Å². The number of rotatable bonds is 5. The number of carbonyl (C=O) groups is 1. The Bertz CT molecular complexity index is 852. The first kappa shape index (κ1) is 17.3. The van der Waals surface area contributed by atoms with E-state index < -0.39 is 0 Å². The highest BCUT2D eigenvalue weighted by atomic mass is 16.2. The van der Waals surface area contributed by atoms with Crippen LogP contribution in [-0.2, 0) is 17.9 Å². The van der Waals surface area contributed by atoms with Gasteiger partial charge in [-0.2, -0.15) is 0 Å². The molecule has 1 aromatic carbocycles. The SMILES string of the molecule is CCn1ccc2cc(CN3CC[C@]4(CCCN(CC5CC5)C4=O)C3)ccc21. The topological polar surface area (TPSA) is 28.5 Å². The number of aryl methyl sites for hydroxylation is 1. The quantitative estimate of drug-likeness (QED) is 0.804. The van der Waals surface area contributed by atoms with E-state index in [2.05, 4.69) is 51.8 Å². The monoisotopic (exact) mass is 365 g/mol. The van der Waals surface area contributed by atoms with Gasteiger partial charge in [0.05, 0.1) is 5.41 Å². The fourth-order valence-electron chi connectivity index (χ4n) is 5.29. The number of amides is 1. The minimum Gasteiger partial charge on any atom is -0.348 e. The number of nitrogens with zero attached hydrogens (tertiary/aromatic N) is 3. The van der Waals surface area contributed by atoms with E-state index in [-0.39, 0.29) is 5.41 Å². The number of benzene rings is 1. The molecule has 3 aliphatic rings. The van der Waals surface area contributed by atoms with Gasteiger partial charge in [0.1, 0.15) is 0 Å². The smallest absolute Gasteiger partial charge is 0.230 e. The van der Waals surface area contributed by atoms with Crippen LogP contribution in [0.3, 0.4) is 0 Å². The maximum absolute atomic E-state index is 13.2. The van der Waals surface area contributed by atoms with Crippen LogP contribution in [0.2, 0.25) is 0 Å². The van der Waals surface area contributed by atoms with Crippen LogP contribution in [0.15, 0.2) is 30.5 Å². The summed E-state index contributed by atoms with van der Waals surface area (Å²) in [6, 6.07) is 9.06. The van der Waals surface area contributed by atoms with Gasteiger partial charge in [-0.1, -0.05) is 6.07 Å². The van der Waals surface area contributed by atoms with Gasteiger partial charge in [0.2, 0.25) is 5.91 Å². The summed E-state index contributed by atoms with van der Waals surface area (Å²) in [5.41, 5.74) is 2.59. The number of aromatic nitrogens is 1. The van der Waals surface area contributed by atoms with Gasteiger partial charge in [-0.3, -0.25) is 9.69 Å². The Labute approximate surface area is 162 Å². The van der Waals surface area contributed by atoms with Crippen LogP contribution in [0, 0.1) is 11.3 Å². The highest BCUT2D eigenvalue weighted by Gasteiger charge is 2.48. The number of fused-ring (bicyclic) bond motifs is 1. The fraction of sp³-hybridized carbons (Fsp3) is 0.609. The zero-order chi connectivity index (χ0) is 18.4. The molecule has 1 atom stereocenters. The second-order valence-corrected chi connectivity index (χ2v) is 9.03. The van der Waals surface area contributed by atoms with E-state index >= 15 is 0 Å². The first-order valence-corrected chi connectivity index (χ1v) is 10.8. The van der Waals surface area contributed by atoms with Crippen molar-refractivity contribution in [3.05, 3.63) is 36.0 Å². The molecule has 4 nitrogen and oxygen atoms in total. The van der Waals surface area contributed by atoms with Crippen molar-refractivity contribution in [3.8, 4) is 0 Å². The largest absolute Gasteiger partial charge is 0.348 e. The molecular weight excluding hydrogens is 334 g/mol. The average Bonchev–Trinajstić information content (AvgIpc) is 3.26. The molecule has 2 aromatic rings. The molecule has 0 N–H and O–H groups in total. The minimum atomic E-state index is -0.0945. The number of carbonyl (C=O) groups excluding carboxylic acids is 1. The molecule has 1 saturated carbocycles. The van der Waals surface area contributed by atoms with E-state index in [0.29, 0.717) is 5.91 Å². The summed E-state index contributed by atoms with van der Waals surface area (Å²) in [5.74, 6) is 1.25. The van der Waals surface area contributed by atoms with Crippen molar-refractivity contribution in [2.45, 2.75) is 52.1 Å². The van der Waals surface area contributed by atoms with E-state index in [9.17, 15) is 4.79 Å². The van der Waals surface area contributed by atoms with Crippen LogP contribution in [-0.4, -0.2) is 46.5 Å². The molecule has 2 saturated heterocycles. The Morgan fingerprint density at radius 2 is 2.04 bits per heavy atom. The van der Waals surface area contributed by atoms with Crippen LogP contribution in [0.1, 0.15) is 44.6 Å². The molecule has 5 rings (SSSR count). The molecule has 1 aliphatic carbocycles. The van der Waals surface area contributed by atoms with Gasteiger partial charge < -0.3 is 9.47 Å². The molecule has 1 aromatic heterocycles. The summed E-state index contributed by atoms with van der Waals surface area (Å²) in [7, 11) is 0. The molecule has 3 fully saturated rings. The van der Waals surface area contributed by atoms with Gasteiger partial charge in [0.25, 0.3) is 0 Å². The van der Waals surface area contributed by atoms with Gasteiger partial charge in [-0.15, -0.1) is 0 Å². The zero-order valence-electron chi connectivity index (χ0n) is 16.5. The molecule has 0 radical (unpaired) electrons. The van der Waals surface area contributed by atoms with E-state index in [1.807, 2.05) is 0 Å². The Morgan fingerprint density at radius 3 is 2.85 bits per heavy atom. The predicted octanol–water partition coefficient (Wildman–Crippen LogP) is 3.89.